The number of aromatic nitrogens is 1. The van der Waals surface area contributed by atoms with Gasteiger partial charge in [-0.1, -0.05) is 54.1 Å². The van der Waals surface area contributed by atoms with Crippen molar-refractivity contribution in [2.45, 2.75) is 6.92 Å². The Hall–Kier alpha value is -2.74. The highest BCUT2D eigenvalue weighted by atomic mass is 16.1. The van der Waals surface area contributed by atoms with Crippen LogP contribution >= 0.6 is 0 Å². The van der Waals surface area contributed by atoms with Gasteiger partial charge in [0.25, 0.3) is 0 Å². The summed E-state index contributed by atoms with van der Waals surface area (Å²) in [6.07, 6.45) is 1.74. The minimum absolute atomic E-state index is 0.0243. The van der Waals surface area contributed by atoms with Gasteiger partial charge in [-0.3, -0.25) is 9.78 Å². The molecule has 1 heterocycles. The van der Waals surface area contributed by atoms with Crippen molar-refractivity contribution < 1.29 is 4.79 Å². The van der Waals surface area contributed by atoms with Crippen LogP contribution in [-0.2, 0) is 0 Å². The average Bonchev–Trinajstić information content (AvgIpc) is 2.56. The number of pyridine rings is 1. The largest absolute Gasteiger partial charge is 0.289 e. The third-order valence-corrected chi connectivity index (χ3v) is 3.40. The third-order valence-electron chi connectivity index (χ3n) is 3.40. The van der Waals surface area contributed by atoms with Crippen LogP contribution in [0.3, 0.4) is 0 Å². The standard InChI is InChI=1S/C19H15NO/c1-14-10-11-16(19(21)15-7-3-2-4-8-15)17(13-14)18-9-5-6-12-20-18/h2-13H,1H3. The van der Waals surface area contributed by atoms with E-state index in [0.717, 1.165) is 16.8 Å². The molecule has 0 aliphatic heterocycles. The summed E-state index contributed by atoms with van der Waals surface area (Å²) in [6, 6.07) is 20.9. The fraction of sp³-hybridized carbons (Fsp3) is 0.0526. The van der Waals surface area contributed by atoms with Crippen molar-refractivity contribution in [3.63, 3.8) is 0 Å². The number of aryl methyl sites for hydroxylation is 1. The van der Waals surface area contributed by atoms with Crippen LogP contribution in [0.1, 0.15) is 21.5 Å². The van der Waals surface area contributed by atoms with Gasteiger partial charge in [-0.25, -0.2) is 0 Å². The Balaban J connectivity index is 2.14. The lowest BCUT2D eigenvalue weighted by atomic mass is 9.95. The minimum Gasteiger partial charge on any atom is -0.289 e. The number of carbonyl (C=O) groups is 1. The quantitative estimate of drug-likeness (QED) is 0.666. The fourth-order valence-corrected chi connectivity index (χ4v) is 2.34. The van der Waals surface area contributed by atoms with Gasteiger partial charge in [0.1, 0.15) is 0 Å². The predicted octanol–water partition coefficient (Wildman–Crippen LogP) is 4.29. The summed E-state index contributed by atoms with van der Waals surface area (Å²) in [5.41, 5.74) is 4.19. The van der Waals surface area contributed by atoms with Gasteiger partial charge >= 0.3 is 0 Å². The van der Waals surface area contributed by atoms with Crippen LogP contribution in [-0.4, -0.2) is 10.8 Å². The van der Waals surface area contributed by atoms with E-state index in [4.69, 9.17) is 0 Å². The molecule has 0 spiro atoms. The van der Waals surface area contributed by atoms with E-state index in [1.807, 2.05) is 73.7 Å². The molecule has 0 amide bonds. The second kappa shape index (κ2) is 5.71. The molecule has 3 aromatic rings. The van der Waals surface area contributed by atoms with Crippen molar-refractivity contribution in [2.24, 2.45) is 0 Å². The summed E-state index contributed by atoms with van der Waals surface area (Å²) in [6.45, 7) is 2.02. The van der Waals surface area contributed by atoms with Crippen molar-refractivity contribution in [3.05, 3.63) is 89.6 Å². The molecule has 0 N–H and O–H groups in total. The van der Waals surface area contributed by atoms with E-state index >= 15 is 0 Å². The van der Waals surface area contributed by atoms with Gasteiger partial charge in [0.2, 0.25) is 0 Å². The highest BCUT2D eigenvalue weighted by Crippen LogP contribution is 2.25. The Labute approximate surface area is 124 Å². The molecule has 21 heavy (non-hydrogen) atoms. The predicted molar refractivity (Wildman–Crippen MR) is 84.3 cm³/mol. The molecule has 1 aromatic heterocycles. The molecule has 102 valence electrons. The zero-order valence-electron chi connectivity index (χ0n) is 11.8. The lowest BCUT2D eigenvalue weighted by molar-refractivity contribution is 0.103. The summed E-state index contributed by atoms with van der Waals surface area (Å²) in [4.78, 5) is 17.1. The summed E-state index contributed by atoms with van der Waals surface area (Å²) in [5, 5.41) is 0. The van der Waals surface area contributed by atoms with E-state index in [-0.39, 0.29) is 5.78 Å². The van der Waals surface area contributed by atoms with Crippen molar-refractivity contribution in [2.75, 3.05) is 0 Å². The first kappa shape index (κ1) is 13.3. The van der Waals surface area contributed by atoms with E-state index in [0.29, 0.717) is 11.1 Å². The summed E-state index contributed by atoms with van der Waals surface area (Å²) in [7, 11) is 0. The number of ketones is 1. The van der Waals surface area contributed by atoms with Gasteiger partial charge in [0, 0.05) is 22.9 Å². The maximum atomic E-state index is 12.7. The average molecular weight is 273 g/mol. The van der Waals surface area contributed by atoms with E-state index in [1.54, 1.807) is 6.20 Å². The smallest absolute Gasteiger partial charge is 0.193 e. The molecule has 3 rings (SSSR count). The number of benzene rings is 2. The highest BCUT2D eigenvalue weighted by Gasteiger charge is 2.15. The SMILES string of the molecule is Cc1ccc(C(=O)c2ccccc2)c(-c2ccccn2)c1. The third kappa shape index (κ3) is 2.75. The second-order valence-electron chi connectivity index (χ2n) is 4.96. The minimum atomic E-state index is 0.0243. The lowest BCUT2D eigenvalue weighted by Gasteiger charge is -2.09. The number of rotatable bonds is 3. The number of nitrogens with zero attached hydrogens (tertiary/aromatic N) is 1. The molecule has 0 unspecified atom stereocenters. The molecule has 0 aliphatic rings. The number of hydrogen-bond acceptors (Lipinski definition) is 2. The van der Waals surface area contributed by atoms with Crippen LogP contribution in [0.5, 0.6) is 0 Å². The summed E-state index contributed by atoms with van der Waals surface area (Å²) in [5.74, 6) is 0.0243. The van der Waals surface area contributed by atoms with Gasteiger partial charge in [0.15, 0.2) is 5.78 Å². The molecule has 0 atom stereocenters. The van der Waals surface area contributed by atoms with Gasteiger partial charge in [-0.15, -0.1) is 0 Å². The zero-order chi connectivity index (χ0) is 14.7. The van der Waals surface area contributed by atoms with E-state index in [1.165, 1.54) is 0 Å². The molecule has 0 saturated carbocycles. The van der Waals surface area contributed by atoms with E-state index in [2.05, 4.69) is 4.98 Å². The Kier molecular flexibility index (Phi) is 3.61. The topological polar surface area (TPSA) is 30.0 Å². The van der Waals surface area contributed by atoms with Crippen LogP contribution in [0.25, 0.3) is 11.3 Å². The van der Waals surface area contributed by atoms with E-state index < -0.39 is 0 Å². The number of carbonyl (C=O) groups excluding carboxylic acids is 1. The van der Waals surface area contributed by atoms with Crippen LogP contribution < -0.4 is 0 Å². The van der Waals surface area contributed by atoms with Gasteiger partial charge in [-0.2, -0.15) is 0 Å². The van der Waals surface area contributed by atoms with Crippen molar-refractivity contribution in [1.29, 1.82) is 0 Å². The second-order valence-corrected chi connectivity index (χ2v) is 4.96. The molecule has 2 heteroatoms. The number of hydrogen-bond donors (Lipinski definition) is 0. The molecule has 2 aromatic carbocycles. The Morgan fingerprint density at radius 3 is 2.38 bits per heavy atom. The molecule has 0 bridgehead atoms. The molecule has 0 radical (unpaired) electrons. The molecule has 0 saturated heterocycles. The Bertz CT molecular complexity index is 764. The molecular formula is C19H15NO. The first-order valence-electron chi connectivity index (χ1n) is 6.87. The molecule has 0 aliphatic carbocycles. The molecule has 0 fully saturated rings. The van der Waals surface area contributed by atoms with Crippen molar-refractivity contribution >= 4 is 5.78 Å². The Morgan fingerprint density at radius 1 is 0.905 bits per heavy atom. The van der Waals surface area contributed by atoms with Gasteiger partial charge < -0.3 is 0 Å². The summed E-state index contributed by atoms with van der Waals surface area (Å²) >= 11 is 0. The van der Waals surface area contributed by atoms with Gasteiger partial charge in [-0.05, 0) is 25.1 Å². The van der Waals surface area contributed by atoms with Crippen molar-refractivity contribution in [3.8, 4) is 11.3 Å². The molecular weight excluding hydrogens is 258 g/mol. The zero-order valence-corrected chi connectivity index (χ0v) is 11.8. The fourth-order valence-electron chi connectivity index (χ4n) is 2.34. The summed E-state index contributed by atoms with van der Waals surface area (Å²) < 4.78 is 0. The highest BCUT2D eigenvalue weighted by molar-refractivity contribution is 6.12. The lowest BCUT2D eigenvalue weighted by Crippen LogP contribution is -2.04. The van der Waals surface area contributed by atoms with E-state index in [9.17, 15) is 4.79 Å². The Morgan fingerprint density at radius 2 is 1.67 bits per heavy atom. The van der Waals surface area contributed by atoms with Crippen LogP contribution in [0.4, 0.5) is 0 Å². The van der Waals surface area contributed by atoms with Crippen molar-refractivity contribution in [1.82, 2.24) is 4.98 Å². The first-order chi connectivity index (χ1) is 10.3. The normalized spacial score (nSPS) is 10.3. The first-order valence-corrected chi connectivity index (χ1v) is 6.87. The van der Waals surface area contributed by atoms with Crippen LogP contribution in [0.2, 0.25) is 0 Å². The van der Waals surface area contributed by atoms with Crippen LogP contribution in [0.15, 0.2) is 72.9 Å². The maximum absolute atomic E-state index is 12.7. The van der Waals surface area contributed by atoms with Crippen LogP contribution in [0, 0.1) is 6.92 Å². The van der Waals surface area contributed by atoms with Gasteiger partial charge in [0.05, 0.1) is 5.69 Å². The monoisotopic (exact) mass is 273 g/mol. The molecule has 2 nitrogen and oxygen atoms in total. The maximum Gasteiger partial charge on any atom is 0.193 e.